The standard InChI is InChI=1S/C16H22N4O3S/c1-3-9-20(10-4-2)12-13(11-17)16(21)19-14-5-7-15(8-6-14)24(18,22)23/h5-8,12H,3-4,9-10H2,1-2H3,(H,19,21)(H2,18,22,23)/b13-12-. The van der Waals surface area contributed by atoms with Crippen molar-refractivity contribution in [3.8, 4) is 6.07 Å². The normalized spacial score (nSPS) is 11.7. The molecule has 0 fully saturated rings. The average Bonchev–Trinajstić information content (AvgIpc) is 2.52. The first kappa shape index (κ1) is 19.7. The lowest BCUT2D eigenvalue weighted by Gasteiger charge is -2.19. The Labute approximate surface area is 142 Å². The van der Waals surface area contributed by atoms with Gasteiger partial charge in [0.2, 0.25) is 10.0 Å². The van der Waals surface area contributed by atoms with Crippen LogP contribution in [0, 0.1) is 11.3 Å². The number of nitrogens with zero attached hydrogens (tertiary/aromatic N) is 2. The lowest BCUT2D eigenvalue weighted by molar-refractivity contribution is -0.112. The molecule has 1 rings (SSSR count). The fraction of sp³-hybridized carbons (Fsp3) is 0.375. The summed E-state index contributed by atoms with van der Waals surface area (Å²) in [5.41, 5.74) is 0.374. The first-order chi connectivity index (χ1) is 11.3. The summed E-state index contributed by atoms with van der Waals surface area (Å²) in [6.07, 6.45) is 3.37. The number of amides is 1. The highest BCUT2D eigenvalue weighted by atomic mass is 32.2. The van der Waals surface area contributed by atoms with Gasteiger partial charge in [0.25, 0.3) is 5.91 Å². The van der Waals surface area contributed by atoms with Gasteiger partial charge in [-0.15, -0.1) is 0 Å². The van der Waals surface area contributed by atoms with E-state index in [0.29, 0.717) is 5.69 Å². The molecule has 130 valence electrons. The van der Waals surface area contributed by atoms with Gasteiger partial charge in [0.1, 0.15) is 11.6 Å². The molecule has 8 heteroatoms. The summed E-state index contributed by atoms with van der Waals surface area (Å²) in [6, 6.07) is 7.32. The number of rotatable bonds is 8. The van der Waals surface area contributed by atoms with Gasteiger partial charge in [-0.2, -0.15) is 5.26 Å². The van der Waals surface area contributed by atoms with Crippen LogP contribution in [0.25, 0.3) is 0 Å². The highest BCUT2D eigenvalue weighted by Crippen LogP contribution is 2.14. The van der Waals surface area contributed by atoms with Crippen molar-refractivity contribution in [2.24, 2.45) is 5.14 Å². The van der Waals surface area contributed by atoms with E-state index in [1.807, 2.05) is 24.8 Å². The van der Waals surface area contributed by atoms with Crippen molar-refractivity contribution in [2.45, 2.75) is 31.6 Å². The molecule has 0 aliphatic carbocycles. The summed E-state index contributed by atoms with van der Waals surface area (Å²) >= 11 is 0. The number of nitrogens with one attached hydrogen (secondary N) is 1. The van der Waals surface area contributed by atoms with E-state index >= 15 is 0 Å². The van der Waals surface area contributed by atoms with Gasteiger partial charge in [0.15, 0.2) is 0 Å². The third-order valence-corrected chi connectivity index (χ3v) is 4.07. The van der Waals surface area contributed by atoms with Crippen molar-refractivity contribution in [1.29, 1.82) is 5.26 Å². The van der Waals surface area contributed by atoms with Gasteiger partial charge < -0.3 is 10.2 Å². The number of nitriles is 1. The number of carbonyl (C=O) groups is 1. The fourth-order valence-corrected chi connectivity index (χ4v) is 2.58. The van der Waals surface area contributed by atoms with Crippen LogP contribution in [0.5, 0.6) is 0 Å². The number of anilines is 1. The second-order valence-electron chi connectivity index (χ2n) is 5.21. The van der Waals surface area contributed by atoms with Crippen molar-refractivity contribution in [3.63, 3.8) is 0 Å². The van der Waals surface area contributed by atoms with E-state index in [0.717, 1.165) is 25.9 Å². The Kier molecular flexibility index (Phi) is 7.42. The smallest absolute Gasteiger partial charge is 0.267 e. The molecular weight excluding hydrogens is 328 g/mol. The van der Waals surface area contributed by atoms with Gasteiger partial charge in [0, 0.05) is 25.0 Å². The van der Waals surface area contributed by atoms with Crippen LogP contribution >= 0.6 is 0 Å². The Morgan fingerprint density at radius 1 is 1.25 bits per heavy atom. The third kappa shape index (κ3) is 6.02. The van der Waals surface area contributed by atoms with Crippen LogP contribution in [-0.2, 0) is 14.8 Å². The highest BCUT2D eigenvalue weighted by Gasteiger charge is 2.12. The second-order valence-corrected chi connectivity index (χ2v) is 6.78. The molecule has 0 aliphatic heterocycles. The fourth-order valence-electron chi connectivity index (χ4n) is 2.06. The van der Waals surface area contributed by atoms with E-state index < -0.39 is 15.9 Å². The maximum absolute atomic E-state index is 12.2. The highest BCUT2D eigenvalue weighted by molar-refractivity contribution is 7.89. The summed E-state index contributed by atoms with van der Waals surface area (Å²) in [7, 11) is -3.78. The molecular formula is C16H22N4O3S. The lowest BCUT2D eigenvalue weighted by atomic mass is 10.2. The van der Waals surface area contributed by atoms with E-state index in [9.17, 15) is 18.5 Å². The average molecular weight is 350 g/mol. The molecule has 0 radical (unpaired) electrons. The van der Waals surface area contributed by atoms with Gasteiger partial charge in [-0.05, 0) is 37.1 Å². The van der Waals surface area contributed by atoms with Gasteiger partial charge in [-0.3, -0.25) is 4.79 Å². The molecule has 0 saturated carbocycles. The van der Waals surface area contributed by atoms with Gasteiger partial charge >= 0.3 is 0 Å². The number of benzene rings is 1. The first-order valence-corrected chi connectivity index (χ1v) is 9.16. The Balaban J connectivity index is 2.89. The molecule has 1 aromatic carbocycles. The molecule has 0 aromatic heterocycles. The molecule has 24 heavy (non-hydrogen) atoms. The van der Waals surface area contributed by atoms with Gasteiger partial charge in [-0.25, -0.2) is 13.6 Å². The maximum Gasteiger partial charge on any atom is 0.267 e. The van der Waals surface area contributed by atoms with Crippen LogP contribution in [-0.4, -0.2) is 32.3 Å². The Bertz CT molecular complexity index is 728. The summed E-state index contributed by atoms with van der Waals surface area (Å²) in [6.45, 7) is 5.57. The molecule has 0 heterocycles. The van der Waals surface area contributed by atoms with E-state index in [1.165, 1.54) is 24.3 Å². The van der Waals surface area contributed by atoms with Crippen LogP contribution < -0.4 is 10.5 Å². The number of sulfonamides is 1. The molecule has 0 aliphatic rings. The van der Waals surface area contributed by atoms with E-state index in [1.54, 1.807) is 6.20 Å². The van der Waals surface area contributed by atoms with E-state index in [2.05, 4.69) is 5.32 Å². The number of carbonyl (C=O) groups excluding carboxylic acids is 1. The number of hydrogen-bond donors (Lipinski definition) is 2. The van der Waals surface area contributed by atoms with Crippen molar-refractivity contribution in [2.75, 3.05) is 18.4 Å². The van der Waals surface area contributed by atoms with E-state index in [4.69, 9.17) is 5.14 Å². The van der Waals surface area contributed by atoms with Crippen LogP contribution in [0.3, 0.4) is 0 Å². The monoisotopic (exact) mass is 350 g/mol. The number of nitrogens with two attached hydrogens (primary N) is 1. The second kappa shape index (κ2) is 9.05. The van der Waals surface area contributed by atoms with Crippen molar-refractivity contribution < 1.29 is 13.2 Å². The minimum atomic E-state index is -3.78. The number of primary sulfonamides is 1. The van der Waals surface area contributed by atoms with Crippen LogP contribution in [0.4, 0.5) is 5.69 Å². The zero-order valence-corrected chi connectivity index (χ0v) is 14.6. The summed E-state index contributed by atoms with van der Waals surface area (Å²) in [5.74, 6) is -0.543. The molecule has 0 unspecified atom stereocenters. The summed E-state index contributed by atoms with van der Waals surface area (Å²) < 4.78 is 22.4. The Hall–Kier alpha value is -2.37. The lowest BCUT2D eigenvalue weighted by Crippen LogP contribution is -2.22. The molecule has 3 N–H and O–H groups in total. The molecule has 7 nitrogen and oxygen atoms in total. The van der Waals surface area contributed by atoms with Gasteiger partial charge in [-0.1, -0.05) is 13.8 Å². The van der Waals surface area contributed by atoms with Crippen LogP contribution in [0.2, 0.25) is 0 Å². The van der Waals surface area contributed by atoms with Crippen molar-refractivity contribution in [1.82, 2.24) is 4.90 Å². The predicted molar refractivity (Wildman–Crippen MR) is 92.3 cm³/mol. The van der Waals surface area contributed by atoms with Crippen molar-refractivity contribution >= 4 is 21.6 Å². The minimum absolute atomic E-state index is 0.00702. The maximum atomic E-state index is 12.2. The number of hydrogen-bond acceptors (Lipinski definition) is 5. The zero-order valence-electron chi connectivity index (χ0n) is 13.8. The summed E-state index contributed by atoms with van der Waals surface area (Å²) in [4.78, 5) is 14.1. The molecule has 1 amide bonds. The van der Waals surface area contributed by atoms with Crippen molar-refractivity contribution in [3.05, 3.63) is 36.0 Å². The zero-order chi connectivity index (χ0) is 18.2. The predicted octanol–water partition coefficient (Wildman–Crippen LogP) is 1.80. The third-order valence-electron chi connectivity index (χ3n) is 3.14. The molecule has 0 spiro atoms. The quantitative estimate of drug-likeness (QED) is 0.548. The molecule has 0 saturated heterocycles. The molecule has 0 bridgehead atoms. The Morgan fingerprint density at radius 2 is 1.79 bits per heavy atom. The Morgan fingerprint density at radius 3 is 2.21 bits per heavy atom. The first-order valence-electron chi connectivity index (χ1n) is 7.62. The minimum Gasteiger partial charge on any atom is -0.376 e. The topological polar surface area (TPSA) is 116 Å². The van der Waals surface area contributed by atoms with Gasteiger partial charge in [0.05, 0.1) is 4.90 Å². The molecule has 0 atom stereocenters. The van der Waals surface area contributed by atoms with E-state index in [-0.39, 0.29) is 10.5 Å². The summed E-state index contributed by atoms with van der Waals surface area (Å²) in [5, 5.41) is 16.8. The largest absolute Gasteiger partial charge is 0.376 e. The molecule has 1 aromatic rings. The SMILES string of the molecule is CCCN(/C=C(/C#N)C(=O)Nc1ccc(S(N)(=O)=O)cc1)CCC. The van der Waals surface area contributed by atoms with Crippen LogP contribution in [0.15, 0.2) is 40.9 Å². The van der Waals surface area contributed by atoms with Crippen LogP contribution in [0.1, 0.15) is 26.7 Å².